The van der Waals surface area contributed by atoms with Crippen LogP contribution in [-0.4, -0.2) is 56.1 Å². The summed E-state index contributed by atoms with van der Waals surface area (Å²) in [5.41, 5.74) is 0.331. The number of amides is 2. The molecule has 3 N–H and O–H groups in total. The van der Waals surface area contributed by atoms with Crippen LogP contribution in [0.5, 0.6) is 11.5 Å². The Balaban J connectivity index is 2.12. The maximum absolute atomic E-state index is 12.7. The fourth-order valence-electron chi connectivity index (χ4n) is 2.88. The van der Waals surface area contributed by atoms with Gasteiger partial charge in [0, 0.05) is 11.6 Å². The van der Waals surface area contributed by atoms with Crippen molar-refractivity contribution >= 4 is 11.8 Å². The molecule has 1 aromatic carbocycles. The minimum atomic E-state index is -1.02. The molecule has 0 spiro atoms. The number of nitrogens with one attached hydrogen (secondary N) is 2. The highest BCUT2D eigenvalue weighted by Crippen LogP contribution is 2.22. The fraction of sp³-hybridized carbons (Fsp3) is 0.579. The zero-order valence-electron chi connectivity index (χ0n) is 16.2. The van der Waals surface area contributed by atoms with E-state index in [0.717, 1.165) is 0 Å². The summed E-state index contributed by atoms with van der Waals surface area (Å²) in [4.78, 5) is 25.4. The van der Waals surface area contributed by atoms with Crippen LogP contribution in [0, 0.1) is 5.92 Å². The molecule has 1 fully saturated rings. The first-order chi connectivity index (χ1) is 12.8. The van der Waals surface area contributed by atoms with Crippen molar-refractivity contribution in [3.05, 3.63) is 23.8 Å². The molecular formula is C19H28N2O6. The van der Waals surface area contributed by atoms with Crippen LogP contribution < -0.4 is 20.1 Å². The lowest BCUT2D eigenvalue weighted by atomic mass is 10.0. The van der Waals surface area contributed by atoms with E-state index in [-0.39, 0.29) is 11.8 Å². The number of ether oxygens (including phenoxy) is 3. The van der Waals surface area contributed by atoms with Gasteiger partial charge in [-0.3, -0.25) is 9.59 Å². The van der Waals surface area contributed by atoms with Gasteiger partial charge in [-0.05, 0) is 30.9 Å². The lowest BCUT2D eigenvalue weighted by Crippen LogP contribution is -2.51. The van der Waals surface area contributed by atoms with Crippen molar-refractivity contribution in [2.75, 3.05) is 20.8 Å². The molecule has 150 valence electrons. The first kappa shape index (κ1) is 21.0. The lowest BCUT2D eigenvalue weighted by Gasteiger charge is -2.23. The number of carbonyl (C=O) groups excluding carboxylic acids is 2. The average molecular weight is 380 g/mol. The van der Waals surface area contributed by atoms with Crippen LogP contribution >= 0.6 is 0 Å². The molecule has 2 amide bonds. The van der Waals surface area contributed by atoms with Crippen molar-refractivity contribution < 1.29 is 28.9 Å². The van der Waals surface area contributed by atoms with E-state index in [9.17, 15) is 14.7 Å². The Morgan fingerprint density at radius 2 is 1.85 bits per heavy atom. The van der Waals surface area contributed by atoms with E-state index in [1.165, 1.54) is 14.2 Å². The van der Waals surface area contributed by atoms with Crippen molar-refractivity contribution in [1.82, 2.24) is 10.6 Å². The smallest absolute Gasteiger partial charge is 0.252 e. The molecule has 8 nitrogen and oxygen atoms in total. The van der Waals surface area contributed by atoms with E-state index in [2.05, 4.69) is 10.6 Å². The van der Waals surface area contributed by atoms with Crippen LogP contribution in [0.2, 0.25) is 0 Å². The summed E-state index contributed by atoms with van der Waals surface area (Å²) in [5.74, 6) is 0.398. The highest BCUT2D eigenvalue weighted by atomic mass is 16.6. The van der Waals surface area contributed by atoms with Gasteiger partial charge in [-0.2, -0.15) is 0 Å². The number of methoxy groups -OCH3 is 2. The second-order valence-electron chi connectivity index (χ2n) is 6.92. The van der Waals surface area contributed by atoms with E-state index in [4.69, 9.17) is 14.2 Å². The minimum absolute atomic E-state index is 0.186. The molecule has 3 atom stereocenters. The van der Waals surface area contributed by atoms with E-state index in [0.29, 0.717) is 36.5 Å². The summed E-state index contributed by atoms with van der Waals surface area (Å²) in [5, 5.41) is 15.3. The Kier molecular flexibility index (Phi) is 7.44. The number of rotatable bonds is 8. The number of aliphatic hydroxyl groups excluding tert-OH is 1. The van der Waals surface area contributed by atoms with Crippen molar-refractivity contribution in [1.29, 1.82) is 0 Å². The van der Waals surface area contributed by atoms with E-state index in [1.54, 1.807) is 18.2 Å². The van der Waals surface area contributed by atoms with Gasteiger partial charge in [-0.1, -0.05) is 13.8 Å². The zero-order valence-corrected chi connectivity index (χ0v) is 16.2. The van der Waals surface area contributed by atoms with Gasteiger partial charge in [0.25, 0.3) is 5.91 Å². The van der Waals surface area contributed by atoms with Gasteiger partial charge < -0.3 is 30.0 Å². The molecule has 1 aliphatic heterocycles. The topological polar surface area (TPSA) is 106 Å². The van der Waals surface area contributed by atoms with E-state index >= 15 is 0 Å². The summed E-state index contributed by atoms with van der Waals surface area (Å²) < 4.78 is 15.4. The third kappa shape index (κ3) is 5.83. The van der Waals surface area contributed by atoms with Crippen molar-refractivity contribution in [3.8, 4) is 11.5 Å². The van der Waals surface area contributed by atoms with Gasteiger partial charge in [-0.25, -0.2) is 0 Å². The number of hydrogen-bond donors (Lipinski definition) is 3. The van der Waals surface area contributed by atoms with Crippen molar-refractivity contribution in [3.63, 3.8) is 0 Å². The molecule has 0 aliphatic carbocycles. The lowest BCUT2D eigenvalue weighted by molar-refractivity contribution is -0.127. The van der Waals surface area contributed by atoms with Gasteiger partial charge in [0.05, 0.1) is 26.9 Å². The Bertz CT molecular complexity index is 641. The summed E-state index contributed by atoms with van der Waals surface area (Å²) in [7, 11) is 3.00. The van der Waals surface area contributed by atoms with Gasteiger partial charge >= 0.3 is 0 Å². The largest absolute Gasteiger partial charge is 0.497 e. The fourth-order valence-corrected chi connectivity index (χ4v) is 2.88. The van der Waals surface area contributed by atoms with E-state index in [1.807, 2.05) is 13.8 Å². The predicted octanol–water partition coefficient (Wildman–Crippen LogP) is 1.07. The number of aliphatic hydroxyl groups is 1. The molecule has 1 aliphatic rings. The molecule has 1 saturated heterocycles. The van der Waals surface area contributed by atoms with Crippen molar-refractivity contribution in [2.24, 2.45) is 5.92 Å². The monoisotopic (exact) mass is 380 g/mol. The van der Waals surface area contributed by atoms with Crippen molar-refractivity contribution in [2.45, 2.75) is 45.1 Å². The van der Waals surface area contributed by atoms with Crippen LogP contribution in [0.15, 0.2) is 18.2 Å². The Morgan fingerprint density at radius 3 is 2.33 bits per heavy atom. The van der Waals surface area contributed by atoms with Gasteiger partial charge in [-0.15, -0.1) is 0 Å². The highest BCUT2D eigenvalue weighted by molar-refractivity contribution is 5.98. The third-order valence-corrected chi connectivity index (χ3v) is 4.33. The molecule has 0 saturated carbocycles. The minimum Gasteiger partial charge on any atom is -0.497 e. The Hall–Kier alpha value is -2.32. The predicted molar refractivity (Wildman–Crippen MR) is 98.8 cm³/mol. The maximum atomic E-state index is 12.7. The van der Waals surface area contributed by atoms with Gasteiger partial charge in [0.15, 0.2) is 6.29 Å². The summed E-state index contributed by atoms with van der Waals surface area (Å²) in [6.07, 6.45) is -0.0305. The van der Waals surface area contributed by atoms with Crippen LogP contribution in [0.3, 0.4) is 0 Å². The van der Waals surface area contributed by atoms with Crippen LogP contribution in [-0.2, 0) is 9.53 Å². The summed E-state index contributed by atoms with van der Waals surface area (Å²) in [6.45, 7) is 4.32. The SMILES string of the molecule is COc1cc(OC)cc(C(=O)NC(CC(C)C)C(=O)NC2CCOC2O)c1. The first-order valence-electron chi connectivity index (χ1n) is 8.98. The van der Waals surface area contributed by atoms with Crippen LogP contribution in [0.4, 0.5) is 0 Å². The normalized spacial score (nSPS) is 20.2. The number of benzene rings is 1. The first-order valence-corrected chi connectivity index (χ1v) is 8.98. The highest BCUT2D eigenvalue weighted by Gasteiger charge is 2.31. The van der Waals surface area contributed by atoms with Crippen LogP contribution in [0.25, 0.3) is 0 Å². The van der Waals surface area contributed by atoms with Crippen LogP contribution in [0.1, 0.15) is 37.0 Å². The average Bonchev–Trinajstić information content (AvgIpc) is 3.04. The second-order valence-corrected chi connectivity index (χ2v) is 6.92. The van der Waals surface area contributed by atoms with Gasteiger partial charge in [0.2, 0.25) is 5.91 Å². The molecule has 27 heavy (non-hydrogen) atoms. The van der Waals surface area contributed by atoms with Gasteiger partial charge in [0.1, 0.15) is 17.5 Å². The molecule has 0 bridgehead atoms. The second kappa shape index (κ2) is 9.57. The molecule has 0 radical (unpaired) electrons. The Labute approximate surface area is 159 Å². The molecule has 8 heteroatoms. The summed E-state index contributed by atoms with van der Waals surface area (Å²) in [6, 6.07) is 3.62. The molecule has 1 aromatic rings. The summed E-state index contributed by atoms with van der Waals surface area (Å²) >= 11 is 0. The molecule has 3 unspecified atom stereocenters. The third-order valence-electron chi connectivity index (χ3n) is 4.33. The standard InChI is InChI=1S/C19H28N2O6/c1-11(2)7-16(18(23)20-15-5-6-27-19(15)24)21-17(22)12-8-13(25-3)10-14(9-12)26-4/h8-11,15-16,19,24H,5-7H2,1-4H3,(H,20,23)(H,21,22). The van der Waals surface area contributed by atoms with E-state index < -0.39 is 24.3 Å². The quantitative estimate of drug-likeness (QED) is 0.623. The molecule has 1 heterocycles. The number of hydrogen-bond acceptors (Lipinski definition) is 6. The maximum Gasteiger partial charge on any atom is 0.252 e. The Morgan fingerprint density at radius 1 is 1.22 bits per heavy atom. The molecular weight excluding hydrogens is 352 g/mol. The molecule has 2 rings (SSSR count). The molecule has 0 aromatic heterocycles. The zero-order chi connectivity index (χ0) is 20.0. The number of carbonyl (C=O) groups is 2.